The summed E-state index contributed by atoms with van der Waals surface area (Å²) < 4.78 is 2.04. The van der Waals surface area contributed by atoms with Gasteiger partial charge in [0.05, 0.1) is 16.6 Å². The minimum absolute atomic E-state index is 0.102. The SMILES string of the molecule is CCNC(=O)c1cc2c(N3C[C@H](C)C[C@H](C)C3)ccnc2n2c1nc1ccccc12. The standard InChI is InChI=1S/C24H27N5O/c1-4-25-24(30)18-12-17-20(28-13-15(2)11-16(3)14-28)9-10-26-22(17)29-21-8-6-5-7-19(21)27-23(18)29/h5-10,12,15-16H,4,11,13-14H2,1-3H3,(H,25,30)/t15-,16+. The molecule has 1 N–H and O–H groups in total. The van der Waals surface area contributed by atoms with E-state index in [1.165, 1.54) is 6.42 Å². The molecule has 1 saturated heterocycles. The summed E-state index contributed by atoms with van der Waals surface area (Å²) in [5.74, 6) is 1.17. The van der Waals surface area contributed by atoms with Gasteiger partial charge in [-0.3, -0.25) is 9.20 Å². The van der Waals surface area contributed by atoms with Crippen molar-refractivity contribution in [2.24, 2.45) is 11.8 Å². The summed E-state index contributed by atoms with van der Waals surface area (Å²) in [5.41, 5.74) is 5.06. The second kappa shape index (κ2) is 7.27. The van der Waals surface area contributed by atoms with E-state index in [0.717, 1.165) is 40.8 Å². The fourth-order valence-corrected chi connectivity index (χ4v) is 4.96. The Morgan fingerprint density at radius 1 is 1.13 bits per heavy atom. The lowest BCUT2D eigenvalue weighted by molar-refractivity contribution is 0.0957. The minimum atomic E-state index is -0.102. The summed E-state index contributed by atoms with van der Waals surface area (Å²) in [7, 11) is 0. The van der Waals surface area contributed by atoms with Crippen LogP contribution in [0.4, 0.5) is 5.69 Å². The van der Waals surface area contributed by atoms with Gasteiger partial charge in [-0.2, -0.15) is 0 Å². The number of carbonyl (C=O) groups excluding carboxylic acids is 1. The quantitative estimate of drug-likeness (QED) is 0.557. The van der Waals surface area contributed by atoms with E-state index in [1.807, 2.05) is 47.9 Å². The molecule has 154 valence electrons. The van der Waals surface area contributed by atoms with Crippen molar-refractivity contribution in [3.8, 4) is 0 Å². The summed E-state index contributed by atoms with van der Waals surface area (Å²) >= 11 is 0. The number of fused-ring (bicyclic) bond motifs is 5. The highest BCUT2D eigenvalue weighted by atomic mass is 16.1. The molecule has 0 spiro atoms. The smallest absolute Gasteiger partial charge is 0.255 e. The van der Waals surface area contributed by atoms with E-state index in [-0.39, 0.29) is 5.91 Å². The highest BCUT2D eigenvalue weighted by Gasteiger charge is 2.25. The zero-order valence-corrected chi connectivity index (χ0v) is 17.7. The van der Waals surface area contributed by atoms with Crippen LogP contribution in [0, 0.1) is 11.8 Å². The van der Waals surface area contributed by atoms with Crippen LogP contribution in [0.3, 0.4) is 0 Å². The number of imidazole rings is 1. The van der Waals surface area contributed by atoms with Crippen molar-refractivity contribution in [2.45, 2.75) is 27.2 Å². The third kappa shape index (κ3) is 2.98. The average Bonchev–Trinajstić information content (AvgIpc) is 3.12. The molecule has 1 fully saturated rings. The van der Waals surface area contributed by atoms with Crippen molar-refractivity contribution in [1.82, 2.24) is 19.7 Å². The van der Waals surface area contributed by atoms with Gasteiger partial charge in [-0.25, -0.2) is 9.97 Å². The Morgan fingerprint density at radius 2 is 1.90 bits per heavy atom. The van der Waals surface area contributed by atoms with Crippen LogP contribution >= 0.6 is 0 Å². The predicted molar refractivity (Wildman–Crippen MR) is 121 cm³/mol. The van der Waals surface area contributed by atoms with E-state index in [9.17, 15) is 4.79 Å². The van der Waals surface area contributed by atoms with E-state index in [2.05, 4.69) is 30.1 Å². The number of amides is 1. The summed E-state index contributed by atoms with van der Waals surface area (Å²) in [4.78, 5) is 24.9. The fourth-order valence-electron chi connectivity index (χ4n) is 4.96. The van der Waals surface area contributed by atoms with Crippen LogP contribution in [-0.2, 0) is 0 Å². The van der Waals surface area contributed by atoms with Crippen molar-refractivity contribution < 1.29 is 4.79 Å². The highest BCUT2D eigenvalue weighted by molar-refractivity contribution is 6.07. The molecule has 1 aromatic carbocycles. The highest BCUT2D eigenvalue weighted by Crippen LogP contribution is 2.34. The first-order chi connectivity index (χ1) is 14.6. The van der Waals surface area contributed by atoms with Gasteiger partial charge < -0.3 is 10.2 Å². The third-order valence-electron chi connectivity index (χ3n) is 6.04. The van der Waals surface area contributed by atoms with Crippen LogP contribution in [0.2, 0.25) is 0 Å². The Labute approximate surface area is 175 Å². The van der Waals surface area contributed by atoms with E-state index in [4.69, 9.17) is 9.97 Å². The molecule has 0 radical (unpaired) electrons. The van der Waals surface area contributed by atoms with Gasteiger partial charge in [0.15, 0.2) is 5.65 Å². The first kappa shape index (κ1) is 18.9. The maximum Gasteiger partial charge on any atom is 0.255 e. The minimum Gasteiger partial charge on any atom is -0.370 e. The maximum absolute atomic E-state index is 13.0. The third-order valence-corrected chi connectivity index (χ3v) is 6.04. The Bertz CT molecular complexity index is 1250. The molecule has 1 amide bonds. The van der Waals surface area contributed by atoms with Gasteiger partial charge in [0.25, 0.3) is 5.91 Å². The lowest BCUT2D eigenvalue weighted by Gasteiger charge is -2.37. The van der Waals surface area contributed by atoms with Crippen molar-refractivity contribution in [3.05, 3.63) is 48.2 Å². The van der Waals surface area contributed by atoms with Crippen molar-refractivity contribution >= 4 is 39.3 Å². The zero-order chi connectivity index (χ0) is 20.8. The van der Waals surface area contributed by atoms with Crippen LogP contribution in [-0.4, -0.2) is 39.9 Å². The molecule has 0 aliphatic carbocycles. The monoisotopic (exact) mass is 401 g/mol. The van der Waals surface area contributed by atoms with Gasteiger partial charge in [-0.05, 0) is 49.4 Å². The zero-order valence-electron chi connectivity index (χ0n) is 17.7. The molecule has 1 aliphatic rings. The van der Waals surface area contributed by atoms with E-state index < -0.39 is 0 Å². The van der Waals surface area contributed by atoms with E-state index >= 15 is 0 Å². The number of nitrogens with one attached hydrogen (secondary N) is 1. The molecule has 30 heavy (non-hydrogen) atoms. The van der Waals surface area contributed by atoms with Crippen LogP contribution in [0.1, 0.15) is 37.6 Å². The molecule has 5 rings (SSSR count). The van der Waals surface area contributed by atoms with Gasteiger partial charge in [0.2, 0.25) is 0 Å². The molecule has 6 heteroatoms. The first-order valence-electron chi connectivity index (χ1n) is 10.8. The fraction of sp³-hybridized carbons (Fsp3) is 0.375. The molecule has 4 heterocycles. The number of piperidine rings is 1. The normalized spacial score (nSPS) is 19.6. The van der Waals surface area contributed by atoms with Gasteiger partial charge in [-0.1, -0.05) is 26.0 Å². The van der Waals surface area contributed by atoms with Crippen molar-refractivity contribution in [1.29, 1.82) is 0 Å². The summed E-state index contributed by atoms with van der Waals surface area (Å²) in [6, 6.07) is 12.0. The number of hydrogen-bond donors (Lipinski definition) is 1. The Balaban J connectivity index is 1.83. The Morgan fingerprint density at radius 3 is 2.67 bits per heavy atom. The summed E-state index contributed by atoms with van der Waals surface area (Å²) in [6.45, 7) is 9.17. The topological polar surface area (TPSA) is 62.5 Å². The van der Waals surface area contributed by atoms with Crippen molar-refractivity contribution in [3.63, 3.8) is 0 Å². The predicted octanol–water partition coefficient (Wildman–Crippen LogP) is 4.27. The molecule has 4 aromatic rings. The van der Waals surface area contributed by atoms with Crippen LogP contribution in [0.15, 0.2) is 42.6 Å². The lowest BCUT2D eigenvalue weighted by atomic mass is 9.91. The number of carbonyl (C=O) groups is 1. The molecule has 1 aliphatic heterocycles. The molecular weight excluding hydrogens is 374 g/mol. The second-order valence-electron chi connectivity index (χ2n) is 8.60. The Kier molecular flexibility index (Phi) is 4.57. The number of pyridine rings is 2. The van der Waals surface area contributed by atoms with Gasteiger partial charge in [0.1, 0.15) is 5.65 Å². The Hall–Kier alpha value is -3.15. The first-order valence-corrected chi connectivity index (χ1v) is 10.8. The van der Waals surface area contributed by atoms with Gasteiger partial charge in [-0.15, -0.1) is 0 Å². The number of para-hydroxylation sites is 2. The largest absolute Gasteiger partial charge is 0.370 e. The van der Waals surface area contributed by atoms with Gasteiger partial charge >= 0.3 is 0 Å². The van der Waals surface area contributed by atoms with Gasteiger partial charge in [0, 0.05) is 36.9 Å². The maximum atomic E-state index is 13.0. The molecule has 0 unspecified atom stereocenters. The number of aromatic nitrogens is 3. The number of rotatable bonds is 3. The average molecular weight is 402 g/mol. The second-order valence-corrected chi connectivity index (χ2v) is 8.60. The molecule has 2 atom stereocenters. The number of anilines is 1. The van der Waals surface area contributed by atoms with Crippen LogP contribution in [0.25, 0.3) is 27.7 Å². The summed E-state index contributed by atoms with van der Waals surface area (Å²) in [5, 5.41) is 3.95. The van der Waals surface area contributed by atoms with E-state index in [1.54, 1.807) is 0 Å². The number of nitrogens with zero attached hydrogens (tertiary/aromatic N) is 4. The number of hydrogen-bond acceptors (Lipinski definition) is 4. The lowest BCUT2D eigenvalue weighted by Crippen LogP contribution is -2.38. The summed E-state index contributed by atoms with van der Waals surface area (Å²) in [6.07, 6.45) is 3.13. The van der Waals surface area contributed by atoms with Crippen LogP contribution < -0.4 is 10.2 Å². The van der Waals surface area contributed by atoms with Crippen molar-refractivity contribution in [2.75, 3.05) is 24.5 Å². The molecule has 0 bridgehead atoms. The molecular formula is C24H27N5O. The number of benzene rings is 1. The van der Waals surface area contributed by atoms with Crippen LogP contribution in [0.5, 0.6) is 0 Å². The molecule has 3 aromatic heterocycles. The van der Waals surface area contributed by atoms with E-state index in [0.29, 0.717) is 29.6 Å². The molecule has 0 saturated carbocycles. The molecule has 6 nitrogen and oxygen atoms in total.